The second-order valence-electron chi connectivity index (χ2n) is 10.8. The molecular formula is C31H37FN4O2. The Morgan fingerprint density at radius 3 is 2.66 bits per heavy atom. The first-order valence-corrected chi connectivity index (χ1v) is 13.8. The Morgan fingerprint density at radius 1 is 1.11 bits per heavy atom. The van der Waals surface area contributed by atoms with Crippen LogP contribution in [0.15, 0.2) is 54.7 Å². The minimum atomic E-state index is -0.402. The van der Waals surface area contributed by atoms with E-state index in [0.717, 1.165) is 36.7 Å². The van der Waals surface area contributed by atoms with Crippen LogP contribution in [0.3, 0.4) is 0 Å². The Kier molecular flexibility index (Phi) is 7.91. The second-order valence-corrected chi connectivity index (χ2v) is 10.8. The third-order valence-corrected chi connectivity index (χ3v) is 8.08. The van der Waals surface area contributed by atoms with Crippen molar-refractivity contribution >= 4 is 11.9 Å². The van der Waals surface area contributed by atoms with Gasteiger partial charge in [-0.1, -0.05) is 43.5 Å². The molecule has 2 aliphatic rings. The lowest BCUT2D eigenvalue weighted by Gasteiger charge is -2.41. The van der Waals surface area contributed by atoms with E-state index in [1.165, 1.54) is 31.7 Å². The van der Waals surface area contributed by atoms with Crippen molar-refractivity contribution in [1.82, 2.24) is 14.9 Å². The average molecular weight is 517 g/mol. The van der Waals surface area contributed by atoms with Gasteiger partial charge in [-0.15, -0.1) is 0 Å². The van der Waals surface area contributed by atoms with E-state index in [0.29, 0.717) is 35.2 Å². The van der Waals surface area contributed by atoms with Gasteiger partial charge in [-0.05, 0) is 68.4 Å². The van der Waals surface area contributed by atoms with Crippen LogP contribution in [0.1, 0.15) is 61.9 Å². The molecule has 2 atom stereocenters. The smallest absolute Gasteiger partial charge is 0.258 e. The van der Waals surface area contributed by atoms with E-state index in [4.69, 9.17) is 9.72 Å². The number of piperidine rings is 1. The maximum absolute atomic E-state index is 15.1. The minimum absolute atomic E-state index is 0.0906. The number of aromatic nitrogens is 2. The molecule has 1 amide bonds. The van der Waals surface area contributed by atoms with Crippen LogP contribution < -0.4 is 9.64 Å². The fraction of sp³-hybridized carbons (Fsp3) is 0.452. The molecule has 0 radical (unpaired) electrons. The SMILES string of the molecule is COc1cccc(CN(C(=O)c2cnc(N3CCC4CCCCC4C3)nc2-c2ccccc2F)C(C)C)c1. The Balaban J connectivity index is 1.50. The minimum Gasteiger partial charge on any atom is -0.497 e. The summed E-state index contributed by atoms with van der Waals surface area (Å²) < 4.78 is 20.5. The van der Waals surface area contributed by atoms with Crippen molar-refractivity contribution in [1.29, 1.82) is 0 Å². The van der Waals surface area contributed by atoms with Crippen molar-refractivity contribution < 1.29 is 13.9 Å². The highest BCUT2D eigenvalue weighted by Gasteiger charge is 2.33. The van der Waals surface area contributed by atoms with Crippen LogP contribution in [-0.2, 0) is 6.54 Å². The van der Waals surface area contributed by atoms with Gasteiger partial charge >= 0.3 is 0 Å². The molecule has 1 aromatic heterocycles. The van der Waals surface area contributed by atoms with Gasteiger partial charge in [0.1, 0.15) is 11.6 Å². The molecule has 2 fully saturated rings. The maximum atomic E-state index is 15.1. The molecule has 0 bridgehead atoms. The highest BCUT2D eigenvalue weighted by molar-refractivity contribution is 6.00. The fourth-order valence-corrected chi connectivity index (χ4v) is 5.93. The molecule has 2 unspecified atom stereocenters. The summed E-state index contributed by atoms with van der Waals surface area (Å²) in [4.78, 5) is 27.5. The number of methoxy groups -OCH3 is 1. The maximum Gasteiger partial charge on any atom is 0.258 e. The summed E-state index contributed by atoms with van der Waals surface area (Å²) in [6, 6.07) is 14.1. The predicted molar refractivity (Wildman–Crippen MR) is 148 cm³/mol. The zero-order valence-corrected chi connectivity index (χ0v) is 22.6. The number of amides is 1. The zero-order chi connectivity index (χ0) is 26.6. The Hall–Kier alpha value is -3.48. The van der Waals surface area contributed by atoms with Crippen LogP contribution in [0, 0.1) is 17.7 Å². The number of ether oxygens (including phenoxy) is 1. The van der Waals surface area contributed by atoms with Gasteiger partial charge in [-0.25, -0.2) is 14.4 Å². The predicted octanol–water partition coefficient (Wildman–Crippen LogP) is 6.36. The standard InChI is InChI=1S/C31H37FN4O2/c1-21(2)36(19-22-9-8-12-25(17-22)38-3)30(37)27-18-33-31(34-29(27)26-13-6-7-14-28(26)32)35-16-15-23-10-4-5-11-24(23)20-35/h6-9,12-14,17-18,21,23-24H,4-5,10-11,15-16,19-20H2,1-3H3. The third kappa shape index (κ3) is 5.52. The van der Waals surface area contributed by atoms with E-state index < -0.39 is 5.82 Å². The Labute approximate surface area is 224 Å². The first-order valence-electron chi connectivity index (χ1n) is 13.8. The molecule has 6 nitrogen and oxygen atoms in total. The summed E-state index contributed by atoms with van der Waals surface area (Å²) in [5.41, 5.74) is 1.92. The van der Waals surface area contributed by atoms with Crippen molar-refractivity contribution in [3.05, 3.63) is 71.7 Å². The number of carbonyl (C=O) groups excluding carboxylic acids is 1. The van der Waals surface area contributed by atoms with Gasteiger partial charge in [0.2, 0.25) is 5.95 Å². The summed E-state index contributed by atoms with van der Waals surface area (Å²) in [5, 5.41) is 0. The first kappa shape index (κ1) is 26.1. The number of carbonyl (C=O) groups is 1. The van der Waals surface area contributed by atoms with E-state index in [9.17, 15) is 4.79 Å². The number of rotatable bonds is 7. The van der Waals surface area contributed by atoms with Crippen LogP contribution in [-0.4, -0.2) is 47.0 Å². The normalized spacial score (nSPS) is 19.2. The number of hydrogen-bond acceptors (Lipinski definition) is 5. The van der Waals surface area contributed by atoms with Crippen LogP contribution >= 0.6 is 0 Å². The number of anilines is 1. The quantitative estimate of drug-likeness (QED) is 0.366. The van der Waals surface area contributed by atoms with Gasteiger partial charge in [-0.2, -0.15) is 0 Å². The molecule has 38 heavy (non-hydrogen) atoms. The molecule has 0 N–H and O–H groups in total. The molecule has 2 heterocycles. The lowest BCUT2D eigenvalue weighted by molar-refractivity contribution is 0.0690. The largest absolute Gasteiger partial charge is 0.497 e. The Bertz CT molecular complexity index is 1280. The lowest BCUT2D eigenvalue weighted by Crippen LogP contribution is -2.42. The van der Waals surface area contributed by atoms with Crippen molar-refractivity contribution in [3.8, 4) is 17.0 Å². The summed E-state index contributed by atoms with van der Waals surface area (Å²) >= 11 is 0. The van der Waals surface area contributed by atoms with Gasteiger partial charge in [0.05, 0.1) is 18.4 Å². The second kappa shape index (κ2) is 11.5. The molecule has 1 saturated carbocycles. The monoisotopic (exact) mass is 516 g/mol. The highest BCUT2D eigenvalue weighted by atomic mass is 19.1. The summed E-state index contributed by atoms with van der Waals surface area (Å²) in [6.07, 6.45) is 7.89. The number of fused-ring (bicyclic) bond motifs is 1. The number of benzene rings is 2. The molecule has 5 rings (SSSR count). The summed E-state index contributed by atoms with van der Waals surface area (Å²) in [6.45, 7) is 6.15. The van der Waals surface area contributed by atoms with E-state index in [1.54, 1.807) is 36.4 Å². The molecule has 1 aliphatic heterocycles. The van der Waals surface area contributed by atoms with Gasteiger partial charge < -0.3 is 14.5 Å². The molecule has 0 spiro atoms. The van der Waals surface area contributed by atoms with Gasteiger partial charge in [0.15, 0.2) is 0 Å². The van der Waals surface area contributed by atoms with Gasteiger partial charge in [-0.3, -0.25) is 4.79 Å². The van der Waals surface area contributed by atoms with Crippen molar-refractivity contribution in [3.63, 3.8) is 0 Å². The molecular weight excluding hydrogens is 479 g/mol. The van der Waals surface area contributed by atoms with Crippen LogP contribution in [0.5, 0.6) is 5.75 Å². The molecule has 2 aromatic carbocycles. The molecule has 3 aromatic rings. The van der Waals surface area contributed by atoms with E-state index in [-0.39, 0.29) is 11.9 Å². The number of hydrogen-bond donors (Lipinski definition) is 0. The summed E-state index contributed by atoms with van der Waals surface area (Å²) in [7, 11) is 1.63. The average Bonchev–Trinajstić information content (AvgIpc) is 2.95. The van der Waals surface area contributed by atoms with E-state index in [2.05, 4.69) is 9.88 Å². The van der Waals surface area contributed by atoms with Crippen molar-refractivity contribution in [2.75, 3.05) is 25.1 Å². The van der Waals surface area contributed by atoms with Gasteiger partial charge in [0.25, 0.3) is 5.91 Å². The number of halogens is 1. The van der Waals surface area contributed by atoms with Crippen molar-refractivity contribution in [2.24, 2.45) is 11.8 Å². The molecule has 7 heteroatoms. The Morgan fingerprint density at radius 2 is 1.89 bits per heavy atom. The summed E-state index contributed by atoms with van der Waals surface area (Å²) in [5.74, 6) is 2.12. The lowest BCUT2D eigenvalue weighted by atomic mass is 9.75. The van der Waals surface area contributed by atoms with Crippen LogP contribution in [0.25, 0.3) is 11.3 Å². The van der Waals surface area contributed by atoms with Gasteiger partial charge in [0, 0.05) is 37.4 Å². The van der Waals surface area contributed by atoms with E-state index in [1.807, 2.05) is 38.1 Å². The third-order valence-electron chi connectivity index (χ3n) is 8.08. The van der Waals surface area contributed by atoms with Crippen LogP contribution in [0.2, 0.25) is 0 Å². The molecule has 1 aliphatic carbocycles. The topological polar surface area (TPSA) is 58.6 Å². The molecule has 200 valence electrons. The van der Waals surface area contributed by atoms with Crippen molar-refractivity contribution in [2.45, 2.75) is 58.5 Å². The zero-order valence-electron chi connectivity index (χ0n) is 22.6. The van der Waals surface area contributed by atoms with E-state index >= 15 is 4.39 Å². The number of nitrogens with zero attached hydrogens (tertiary/aromatic N) is 4. The van der Waals surface area contributed by atoms with Crippen LogP contribution in [0.4, 0.5) is 10.3 Å². The molecule has 1 saturated heterocycles. The fourth-order valence-electron chi connectivity index (χ4n) is 5.93. The highest BCUT2D eigenvalue weighted by Crippen LogP contribution is 2.37. The first-order chi connectivity index (χ1) is 18.4.